The van der Waals surface area contributed by atoms with E-state index in [0.29, 0.717) is 11.8 Å². The largest absolute Gasteiger partial charge is 0.419 e. The van der Waals surface area contributed by atoms with Crippen LogP contribution in [0.4, 0.5) is 0 Å². The SMILES string of the molecule is Cc1ccc(C(=O)N2CC3(CC(c4nnc(-c5ccccc5)o4)N(C)C3)C2)s1. The number of hydrogen-bond acceptors (Lipinski definition) is 6. The molecule has 1 unspecified atom stereocenters. The number of benzene rings is 1. The van der Waals surface area contributed by atoms with Gasteiger partial charge in [0.1, 0.15) is 0 Å². The van der Waals surface area contributed by atoms with E-state index in [1.807, 2.05) is 54.3 Å². The Morgan fingerprint density at radius 3 is 2.64 bits per heavy atom. The highest BCUT2D eigenvalue weighted by atomic mass is 32.1. The molecule has 4 heterocycles. The van der Waals surface area contributed by atoms with Crippen LogP contribution in [0.1, 0.15) is 32.9 Å². The molecule has 0 saturated carbocycles. The molecular weight excluding hydrogens is 372 g/mol. The molecule has 2 aliphatic heterocycles. The van der Waals surface area contributed by atoms with Crippen molar-refractivity contribution in [2.75, 3.05) is 26.7 Å². The van der Waals surface area contributed by atoms with Crippen molar-refractivity contribution in [3.8, 4) is 11.5 Å². The Hall–Kier alpha value is -2.51. The zero-order valence-electron chi connectivity index (χ0n) is 16.0. The normalized spacial score (nSPS) is 21.2. The van der Waals surface area contributed by atoms with Crippen molar-refractivity contribution in [2.24, 2.45) is 5.41 Å². The number of carbonyl (C=O) groups excluding carboxylic acids is 1. The lowest BCUT2D eigenvalue weighted by atomic mass is 9.77. The fourth-order valence-electron chi connectivity index (χ4n) is 4.45. The summed E-state index contributed by atoms with van der Waals surface area (Å²) in [6.07, 6.45) is 0.938. The van der Waals surface area contributed by atoms with Gasteiger partial charge in [0.05, 0.1) is 10.9 Å². The molecule has 144 valence electrons. The zero-order chi connectivity index (χ0) is 19.3. The van der Waals surface area contributed by atoms with Gasteiger partial charge in [-0.25, -0.2) is 0 Å². The Morgan fingerprint density at radius 2 is 1.93 bits per heavy atom. The summed E-state index contributed by atoms with van der Waals surface area (Å²) >= 11 is 1.57. The van der Waals surface area contributed by atoms with E-state index in [1.165, 1.54) is 4.88 Å². The van der Waals surface area contributed by atoms with Crippen LogP contribution in [0, 0.1) is 12.3 Å². The second-order valence-corrected chi connectivity index (χ2v) is 9.31. The summed E-state index contributed by atoms with van der Waals surface area (Å²) in [5.41, 5.74) is 1.06. The van der Waals surface area contributed by atoms with E-state index in [4.69, 9.17) is 4.42 Å². The lowest BCUT2D eigenvalue weighted by Gasteiger charge is -2.47. The first kappa shape index (κ1) is 17.6. The molecule has 1 spiro atoms. The van der Waals surface area contributed by atoms with Crippen LogP contribution in [0.5, 0.6) is 0 Å². The maximum absolute atomic E-state index is 12.7. The first-order valence-corrected chi connectivity index (χ1v) is 10.3. The maximum atomic E-state index is 12.7. The fraction of sp³-hybridized carbons (Fsp3) is 0.381. The van der Waals surface area contributed by atoms with Crippen LogP contribution in [-0.4, -0.2) is 52.6 Å². The molecular formula is C21H22N4O2S. The molecule has 5 rings (SSSR count). The van der Waals surface area contributed by atoms with Crippen molar-refractivity contribution in [1.82, 2.24) is 20.0 Å². The van der Waals surface area contributed by atoms with Crippen molar-refractivity contribution < 1.29 is 9.21 Å². The number of aryl methyl sites for hydroxylation is 1. The van der Waals surface area contributed by atoms with E-state index in [1.54, 1.807) is 11.3 Å². The van der Waals surface area contributed by atoms with Gasteiger partial charge in [-0.1, -0.05) is 18.2 Å². The van der Waals surface area contributed by atoms with Crippen molar-refractivity contribution in [1.29, 1.82) is 0 Å². The van der Waals surface area contributed by atoms with E-state index in [0.717, 1.165) is 36.5 Å². The second kappa shape index (κ2) is 6.53. The minimum Gasteiger partial charge on any atom is -0.419 e. The number of carbonyl (C=O) groups is 1. The third-order valence-corrected chi connectivity index (χ3v) is 6.77. The molecule has 6 nitrogen and oxygen atoms in total. The van der Waals surface area contributed by atoms with Gasteiger partial charge < -0.3 is 9.32 Å². The summed E-state index contributed by atoms with van der Waals surface area (Å²) in [7, 11) is 2.10. The molecule has 2 fully saturated rings. The lowest BCUT2D eigenvalue weighted by molar-refractivity contribution is 0.0119. The minimum atomic E-state index is 0.103. The molecule has 2 saturated heterocycles. The highest BCUT2D eigenvalue weighted by Crippen LogP contribution is 2.48. The van der Waals surface area contributed by atoms with E-state index in [2.05, 4.69) is 22.1 Å². The van der Waals surface area contributed by atoms with Crippen molar-refractivity contribution >= 4 is 17.2 Å². The average molecular weight is 395 g/mol. The molecule has 0 radical (unpaired) electrons. The number of aromatic nitrogens is 2. The Balaban J connectivity index is 1.28. The first-order chi connectivity index (χ1) is 13.5. The summed E-state index contributed by atoms with van der Waals surface area (Å²) in [5, 5.41) is 8.55. The van der Waals surface area contributed by atoms with Gasteiger partial charge in [-0.2, -0.15) is 0 Å². The van der Waals surface area contributed by atoms with Gasteiger partial charge in [0, 0.05) is 35.5 Å². The molecule has 0 bridgehead atoms. The Labute approximate surface area is 167 Å². The van der Waals surface area contributed by atoms with Crippen LogP contribution in [0.3, 0.4) is 0 Å². The number of nitrogens with zero attached hydrogens (tertiary/aromatic N) is 4. The third-order valence-electron chi connectivity index (χ3n) is 5.78. The number of hydrogen-bond donors (Lipinski definition) is 0. The van der Waals surface area contributed by atoms with Gasteiger partial charge in [0.25, 0.3) is 5.91 Å². The number of likely N-dealkylation sites (tertiary alicyclic amines) is 2. The summed E-state index contributed by atoms with van der Waals surface area (Å²) in [6, 6.07) is 13.9. The predicted molar refractivity (Wildman–Crippen MR) is 107 cm³/mol. The summed E-state index contributed by atoms with van der Waals surface area (Å²) in [6.45, 7) is 4.56. The molecule has 0 N–H and O–H groups in total. The van der Waals surface area contributed by atoms with Crippen LogP contribution in [0.25, 0.3) is 11.5 Å². The van der Waals surface area contributed by atoms with Crippen molar-refractivity contribution in [2.45, 2.75) is 19.4 Å². The molecule has 7 heteroatoms. The van der Waals surface area contributed by atoms with Crippen LogP contribution in [-0.2, 0) is 0 Å². The molecule has 2 aromatic heterocycles. The smallest absolute Gasteiger partial charge is 0.263 e. The van der Waals surface area contributed by atoms with Gasteiger partial charge in [-0.3, -0.25) is 9.69 Å². The van der Waals surface area contributed by atoms with E-state index in [-0.39, 0.29) is 17.4 Å². The molecule has 3 aromatic rings. The van der Waals surface area contributed by atoms with Gasteiger partial charge >= 0.3 is 0 Å². The highest BCUT2D eigenvalue weighted by Gasteiger charge is 2.53. The fourth-order valence-corrected chi connectivity index (χ4v) is 5.29. The number of amides is 1. The molecule has 0 aliphatic carbocycles. The molecule has 2 aliphatic rings. The Bertz CT molecular complexity index is 1010. The minimum absolute atomic E-state index is 0.103. The quantitative estimate of drug-likeness (QED) is 0.679. The third kappa shape index (κ3) is 2.95. The van der Waals surface area contributed by atoms with Crippen molar-refractivity contribution in [3.05, 3.63) is 58.1 Å². The van der Waals surface area contributed by atoms with Gasteiger partial charge in [0.2, 0.25) is 11.8 Å². The number of rotatable bonds is 3. The van der Waals surface area contributed by atoms with E-state index >= 15 is 0 Å². The van der Waals surface area contributed by atoms with Gasteiger partial charge in [0.15, 0.2) is 0 Å². The average Bonchev–Trinajstić information content (AvgIpc) is 3.39. The lowest BCUT2D eigenvalue weighted by Crippen LogP contribution is -2.59. The Morgan fingerprint density at radius 1 is 1.14 bits per heavy atom. The van der Waals surface area contributed by atoms with E-state index in [9.17, 15) is 4.79 Å². The summed E-state index contributed by atoms with van der Waals surface area (Å²) in [5.74, 6) is 1.37. The maximum Gasteiger partial charge on any atom is 0.263 e. The zero-order valence-corrected chi connectivity index (χ0v) is 16.8. The van der Waals surface area contributed by atoms with Crippen LogP contribution < -0.4 is 0 Å². The predicted octanol–water partition coefficient (Wildman–Crippen LogP) is 3.63. The van der Waals surface area contributed by atoms with Crippen molar-refractivity contribution in [3.63, 3.8) is 0 Å². The monoisotopic (exact) mass is 394 g/mol. The Kier molecular flexibility index (Phi) is 4.10. The summed E-state index contributed by atoms with van der Waals surface area (Å²) in [4.78, 5) is 18.9. The second-order valence-electron chi connectivity index (χ2n) is 8.02. The molecule has 1 amide bonds. The van der Waals surface area contributed by atoms with Gasteiger partial charge in [-0.15, -0.1) is 21.5 Å². The highest BCUT2D eigenvalue weighted by molar-refractivity contribution is 7.13. The van der Waals surface area contributed by atoms with Crippen LogP contribution >= 0.6 is 11.3 Å². The van der Waals surface area contributed by atoms with Crippen LogP contribution in [0.2, 0.25) is 0 Å². The molecule has 1 atom stereocenters. The first-order valence-electron chi connectivity index (χ1n) is 9.48. The standard InChI is InChI=1S/C21H22N4O2S/c1-14-8-9-17(28-14)20(26)25-12-21(13-25)10-16(24(2)11-21)19-23-22-18(27-19)15-6-4-3-5-7-15/h3-9,16H,10-13H2,1-2H3. The summed E-state index contributed by atoms with van der Waals surface area (Å²) < 4.78 is 5.99. The molecule has 28 heavy (non-hydrogen) atoms. The van der Waals surface area contributed by atoms with Gasteiger partial charge in [-0.05, 0) is 44.7 Å². The van der Waals surface area contributed by atoms with E-state index < -0.39 is 0 Å². The molecule has 1 aromatic carbocycles. The van der Waals surface area contributed by atoms with Crippen LogP contribution in [0.15, 0.2) is 46.9 Å². The number of thiophene rings is 1. The topological polar surface area (TPSA) is 62.5 Å².